The third kappa shape index (κ3) is 3.87. The maximum absolute atomic E-state index is 11.9. The lowest BCUT2D eigenvalue weighted by molar-refractivity contribution is 0.0724. The van der Waals surface area contributed by atoms with Gasteiger partial charge in [0.25, 0.3) is 0 Å². The Morgan fingerprint density at radius 2 is 2.21 bits per heavy atom. The molecule has 1 fully saturated rings. The van der Waals surface area contributed by atoms with Crippen LogP contribution in [0.15, 0.2) is 18.2 Å². The molecule has 1 aromatic carbocycles. The molecule has 0 spiro atoms. The highest BCUT2D eigenvalue weighted by Crippen LogP contribution is 2.28. The van der Waals surface area contributed by atoms with Crippen LogP contribution in [0, 0.1) is 12.8 Å². The van der Waals surface area contributed by atoms with E-state index in [0.29, 0.717) is 16.6 Å². The summed E-state index contributed by atoms with van der Waals surface area (Å²) in [6, 6.07) is 5.52. The van der Waals surface area contributed by atoms with E-state index in [4.69, 9.17) is 16.3 Å². The van der Waals surface area contributed by atoms with Gasteiger partial charge in [0.15, 0.2) is 0 Å². The molecule has 0 radical (unpaired) electrons. The molecule has 0 bridgehead atoms. The van der Waals surface area contributed by atoms with Crippen LogP contribution in [0.5, 0.6) is 0 Å². The largest absolute Gasteiger partial charge is 0.446 e. The summed E-state index contributed by atoms with van der Waals surface area (Å²) >= 11 is 6.07. The molecule has 104 valence electrons. The number of halogens is 1. The van der Waals surface area contributed by atoms with E-state index in [1.807, 2.05) is 19.1 Å². The van der Waals surface area contributed by atoms with E-state index in [2.05, 4.69) is 12.2 Å². The molecule has 1 aliphatic rings. The van der Waals surface area contributed by atoms with E-state index in [1.54, 1.807) is 6.07 Å². The van der Waals surface area contributed by atoms with E-state index < -0.39 is 6.09 Å². The Kier molecular flexibility index (Phi) is 4.70. The lowest BCUT2D eigenvalue weighted by atomic mass is 9.89. The lowest BCUT2D eigenvalue weighted by Gasteiger charge is -2.26. The van der Waals surface area contributed by atoms with Crippen molar-refractivity contribution < 1.29 is 9.53 Å². The summed E-state index contributed by atoms with van der Waals surface area (Å²) in [4.78, 5) is 11.9. The minimum Gasteiger partial charge on any atom is -0.446 e. The van der Waals surface area contributed by atoms with Crippen molar-refractivity contribution in [3.8, 4) is 0 Å². The molecule has 1 aliphatic carbocycles. The molecule has 0 heterocycles. The van der Waals surface area contributed by atoms with E-state index >= 15 is 0 Å². The highest BCUT2D eigenvalue weighted by molar-refractivity contribution is 6.33. The van der Waals surface area contributed by atoms with Crippen LogP contribution in [0.25, 0.3) is 0 Å². The van der Waals surface area contributed by atoms with Crippen LogP contribution in [-0.2, 0) is 4.74 Å². The Labute approximate surface area is 119 Å². The molecule has 1 aromatic rings. The number of aryl methyl sites for hydroxylation is 1. The van der Waals surface area contributed by atoms with E-state index in [-0.39, 0.29) is 6.10 Å². The van der Waals surface area contributed by atoms with Crippen molar-refractivity contribution in [3.05, 3.63) is 28.8 Å². The number of benzene rings is 1. The minimum atomic E-state index is -0.407. The fourth-order valence-electron chi connectivity index (χ4n) is 2.56. The van der Waals surface area contributed by atoms with Crippen molar-refractivity contribution in [1.82, 2.24) is 0 Å². The summed E-state index contributed by atoms with van der Waals surface area (Å²) in [6.45, 7) is 4.11. The molecule has 0 aliphatic heterocycles. The van der Waals surface area contributed by atoms with Gasteiger partial charge in [0.1, 0.15) is 6.10 Å². The van der Waals surface area contributed by atoms with E-state index in [1.165, 1.54) is 6.42 Å². The van der Waals surface area contributed by atoms with Crippen LogP contribution < -0.4 is 5.32 Å². The van der Waals surface area contributed by atoms with Crippen molar-refractivity contribution in [2.45, 2.75) is 45.6 Å². The second-order valence-electron chi connectivity index (χ2n) is 5.36. The first kappa shape index (κ1) is 14.2. The van der Waals surface area contributed by atoms with Gasteiger partial charge in [-0.25, -0.2) is 4.79 Å². The number of para-hydroxylation sites is 1. The molecule has 4 heteroatoms. The number of amides is 1. The predicted octanol–water partition coefficient (Wildman–Crippen LogP) is 4.78. The average Bonchev–Trinajstić information content (AvgIpc) is 2.34. The Balaban J connectivity index is 1.94. The molecular weight excluding hydrogens is 262 g/mol. The molecule has 1 amide bonds. The van der Waals surface area contributed by atoms with Crippen LogP contribution in [0.1, 0.15) is 38.2 Å². The zero-order chi connectivity index (χ0) is 13.8. The summed E-state index contributed by atoms with van der Waals surface area (Å²) in [7, 11) is 0. The number of rotatable bonds is 2. The number of ether oxygens (including phenoxy) is 1. The average molecular weight is 282 g/mol. The first-order valence-electron chi connectivity index (χ1n) is 6.79. The molecule has 0 unspecified atom stereocenters. The molecule has 0 saturated heterocycles. The fourth-order valence-corrected chi connectivity index (χ4v) is 2.83. The van der Waals surface area contributed by atoms with E-state index in [0.717, 1.165) is 24.8 Å². The molecular formula is C15H20ClNO2. The van der Waals surface area contributed by atoms with Crippen molar-refractivity contribution in [3.63, 3.8) is 0 Å². The van der Waals surface area contributed by atoms with Gasteiger partial charge in [-0.05, 0) is 43.7 Å². The Hall–Kier alpha value is -1.22. The highest BCUT2D eigenvalue weighted by atomic mass is 35.5. The number of anilines is 1. The zero-order valence-electron chi connectivity index (χ0n) is 11.4. The van der Waals surface area contributed by atoms with Gasteiger partial charge in [0.2, 0.25) is 0 Å². The van der Waals surface area contributed by atoms with Gasteiger partial charge in [-0.15, -0.1) is 0 Å². The topological polar surface area (TPSA) is 38.3 Å². The van der Waals surface area contributed by atoms with Gasteiger partial charge < -0.3 is 4.74 Å². The molecule has 19 heavy (non-hydrogen) atoms. The summed E-state index contributed by atoms with van der Waals surface area (Å²) < 4.78 is 5.47. The number of hydrogen-bond donors (Lipinski definition) is 1. The number of nitrogens with one attached hydrogen (secondary N) is 1. The Morgan fingerprint density at radius 3 is 2.89 bits per heavy atom. The summed E-state index contributed by atoms with van der Waals surface area (Å²) in [5.74, 6) is 0.633. The van der Waals surface area contributed by atoms with Crippen molar-refractivity contribution >= 4 is 23.4 Å². The quantitative estimate of drug-likeness (QED) is 0.847. The van der Waals surface area contributed by atoms with Crippen LogP contribution >= 0.6 is 11.6 Å². The second kappa shape index (κ2) is 6.29. The standard InChI is InChI=1S/C15H20ClNO2/c1-10-5-3-7-12(9-10)19-15(18)17-14-11(2)6-4-8-13(14)16/h4,6,8,10,12H,3,5,7,9H2,1-2H3,(H,17,18)/t10-,12-/m1/s1. The summed E-state index contributed by atoms with van der Waals surface area (Å²) in [6.07, 6.45) is 3.89. The maximum atomic E-state index is 11.9. The molecule has 2 rings (SSSR count). The molecule has 2 atom stereocenters. The van der Waals surface area contributed by atoms with Crippen molar-refractivity contribution in [2.75, 3.05) is 5.32 Å². The van der Waals surface area contributed by atoms with Crippen molar-refractivity contribution in [2.24, 2.45) is 5.92 Å². The van der Waals surface area contributed by atoms with Gasteiger partial charge >= 0.3 is 6.09 Å². The number of hydrogen-bond acceptors (Lipinski definition) is 2. The lowest BCUT2D eigenvalue weighted by Crippen LogP contribution is -2.27. The first-order chi connectivity index (χ1) is 9.06. The Morgan fingerprint density at radius 1 is 1.42 bits per heavy atom. The smallest absolute Gasteiger partial charge is 0.411 e. The third-order valence-electron chi connectivity index (χ3n) is 3.61. The minimum absolute atomic E-state index is 0.0338. The molecule has 1 N–H and O–H groups in total. The van der Waals surface area contributed by atoms with Crippen LogP contribution in [0.2, 0.25) is 5.02 Å². The predicted molar refractivity (Wildman–Crippen MR) is 77.7 cm³/mol. The molecule has 3 nitrogen and oxygen atoms in total. The van der Waals surface area contributed by atoms with Crippen molar-refractivity contribution in [1.29, 1.82) is 0 Å². The number of carbonyl (C=O) groups is 1. The van der Waals surface area contributed by atoms with Crippen LogP contribution in [0.3, 0.4) is 0 Å². The van der Waals surface area contributed by atoms with E-state index in [9.17, 15) is 4.79 Å². The van der Waals surface area contributed by atoms with Gasteiger partial charge in [-0.2, -0.15) is 0 Å². The molecule has 1 saturated carbocycles. The first-order valence-corrected chi connectivity index (χ1v) is 7.17. The Bertz CT molecular complexity index is 441. The van der Waals surface area contributed by atoms with Crippen LogP contribution in [0.4, 0.5) is 10.5 Å². The van der Waals surface area contributed by atoms with Gasteiger partial charge in [-0.1, -0.05) is 37.1 Å². The van der Waals surface area contributed by atoms with Crippen LogP contribution in [-0.4, -0.2) is 12.2 Å². The zero-order valence-corrected chi connectivity index (χ0v) is 12.2. The monoisotopic (exact) mass is 281 g/mol. The van der Waals surface area contributed by atoms with Gasteiger partial charge in [0, 0.05) is 0 Å². The maximum Gasteiger partial charge on any atom is 0.411 e. The third-order valence-corrected chi connectivity index (χ3v) is 3.93. The molecule has 0 aromatic heterocycles. The van der Waals surface area contributed by atoms with Gasteiger partial charge in [-0.3, -0.25) is 5.32 Å². The second-order valence-corrected chi connectivity index (χ2v) is 5.76. The van der Waals surface area contributed by atoms with Gasteiger partial charge in [0.05, 0.1) is 10.7 Å². The SMILES string of the molecule is Cc1cccc(Cl)c1NC(=O)O[C@@H]1CCC[C@@H](C)C1. The summed E-state index contributed by atoms with van der Waals surface area (Å²) in [5, 5.41) is 3.28. The fraction of sp³-hybridized carbons (Fsp3) is 0.533. The normalized spacial score (nSPS) is 22.9. The highest BCUT2D eigenvalue weighted by Gasteiger charge is 2.22. The summed E-state index contributed by atoms with van der Waals surface area (Å²) in [5.41, 5.74) is 1.57. The number of carbonyl (C=O) groups excluding carboxylic acids is 1.